The smallest absolute Gasteiger partial charge is 0.292 e. The second kappa shape index (κ2) is 5.51. The van der Waals surface area contributed by atoms with Crippen LogP contribution in [0, 0.1) is 15.9 Å². The Morgan fingerprint density at radius 3 is 2.82 bits per heavy atom. The van der Waals surface area contributed by atoms with Crippen LogP contribution in [0.4, 0.5) is 4.39 Å². The molecule has 0 radical (unpaired) electrons. The Morgan fingerprint density at radius 1 is 1.45 bits per heavy atom. The average molecular weight is 306 g/mol. The van der Waals surface area contributed by atoms with Crippen molar-refractivity contribution in [3.8, 4) is 0 Å². The van der Waals surface area contributed by atoms with Crippen LogP contribution in [-0.2, 0) is 6.54 Å². The summed E-state index contributed by atoms with van der Waals surface area (Å²) in [6.07, 6.45) is 0.339. The molecule has 22 heavy (non-hydrogen) atoms. The molecule has 0 saturated heterocycles. The maximum Gasteiger partial charge on any atom is 0.292 e. The maximum absolute atomic E-state index is 12.8. The third-order valence-electron chi connectivity index (χ3n) is 3.36. The van der Waals surface area contributed by atoms with Crippen molar-refractivity contribution in [2.75, 3.05) is 0 Å². The SMILES string of the molecule is O=C(NCc1ccc(F)cc1)c1noc([C@@H]2C[C@@H]2[N+](=O)[O-])n1. The van der Waals surface area contributed by atoms with Crippen LogP contribution in [0.3, 0.4) is 0 Å². The monoisotopic (exact) mass is 306 g/mol. The number of amides is 1. The molecule has 2 atom stereocenters. The molecule has 1 fully saturated rings. The molecule has 8 nitrogen and oxygen atoms in total. The third-order valence-corrected chi connectivity index (χ3v) is 3.36. The molecule has 1 aromatic heterocycles. The van der Waals surface area contributed by atoms with Crippen LogP contribution in [0.5, 0.6) is 0 Å². The van der Waals surface area contributed by atoms with Gasteiger partial charge in [-0.15, -0.1) is 0 Å². The van der Waals surface area contributed by atoms with Crippen LogP contribution in [0.1, 0.15) is 34.4 Å². The van der Waals surface area contributed by atoms with E-state index in [1.54, 1.807) is 12.1 Å². The zero-order valence-electron chi connectivity index (χ0n) is 11.2. The molecule has 0 spiro atoms. The first-order chi connectivity index (χ1) is 10.5. The number of halogens is 1. The van der Waals surface area contributed by atoms with Crippen LogP contribution in [-0.4, -0.2) is 27.0 Å². The number of hydrogen-bond acceptors (Lipinski definition) is 6. The fraction of sp³-hybridized carbons (Fsp3) is 0.308. The molecule has 114 valence electrons. The summed E-state index contributed by atoms with van der Waals surface area (Å²) >= 11 is 0. The van der Waals surface area contributed by atoms with E-state index >= 15 is 0 Å². The number of nitrogens with zero attached hydrogens (tertiary/aromatic N) is 3. The van der Waals surface area contributed by atoms with E-state index < -0.39 is 22.8 Å². The van der Waals surface area contributed by atoms with Gasteiger partial charge < -0.3 is 9.84 Å². The molecule has 1 N–H and O–H groups in total. The van der Waals surface area contributed by atoms with Crippen LogP contribution < -0.4 is 5.32 Å². The van der Waals surface area contributed by atoms with Gasteiger partial charge in [0.15, 0.2) is 0 Å². The van der Waals surface area contributed by atoms with Gasteiger partial charge >= 0.3 is 0 Å². The average Bonchev–Trinajstić information content (AvgIpc) is 3.16. The summed E-state index contributed by atoms with van der Waals surface area (Å²) in [5.41, 5.74) is 0.717. The molecule has 1 aliphatic rings. The largest absolute Gasteiger partial charge is 0.345 e. The quantitative estimate of drug-likeness (QED) is 0.657. The van der Waals surface area contributed by atoms with E-state index in [2.05, 4.69) is 15.5 Å². The number of benzene rings is 1. The number of rotatable bonds is 5. The van der Waals surface area contributed by atoms with Gasteiger partial charge in [0.05, 0.1) is 0 Å². The van der Waals surface area contributed by atoms with Crippen molar-refractivity contribution in [2.45, 2.75) is 24.9 Å². The van der Waals surface area contributed by atoms with E-state index in [1.165, 1.54) is 12.1 Å². The second-order valence-electron chi connectivity index (χ2n) is 4.96. The first kappa shape index (κ1) is 14.1. The van der Waals surface area contributed by atoms with Crippen LogP contribution in [0.15, 0.2) is 28.8 Å². The van der Waals surface area contributed by atoms with Crippen molar-refractivity contribution in [1.29, 1.82) is 0 Å². The van der Waals surface area contributed by atoms with Gasteiger partial charge in [-0.3, -0.25) is 14.9 Å². The molecular formula is C13H11FN4O4. The Balaban J connectivity index is 1.58. The number of hydrogen-bond donors (Lipinski definition) is 1. The van der Waals surface area contributed by atoms with Gasteiger partial charge in [-0.2, -0.15) is 4.98 Å². The minimum absolute atomic E-state index is 0.105. The highest BCUT2D eigenvalue weighted by molar-refractivity contribution is 5.90. The van der Waals surface area contributed by atoms with E-state index in [0.29, 0.717) is 12.0 Å². The van der Waals surface area contributed by atoms with E-state index in [1.807, 2.05) is 0 Å². The number of carbonyl (C=O) groups is 1. The molecule has 0 unspecified atom stereocenters. The van der Waals surface area contributed by atoms with Gasteiger partial charge in [0, 0.05) is 17.9 Å². The van der Waals surface area contributed by atoms with Crippen LogP contribution in [0.25, 0.3) is 0 Å². The lowest BCUT2D eigenvalue weighted by atomic mass is 10.2. The van der Waals surface area contributed by atoms with Gasteiger partial charge in [-0.1, -0.05) is 17.3 Å². The summed E-state index contributed by atoms with van der Waals surface area (Å²) in [6, 6.07) is 4.96. The fourth-order valence-corrected chi connectivity index (χ4v) is 2.02. The van der Waals surface area contributed by atoms with Gasteiger partial charge in [-0.05, 0) is 17.7 Å². The van der Waals surface area contributed by atoms with Crippen molar-refractivity contribution in [3.05, 3.63) is 57.5 Å². The second-order valence-corrected chi connectivity index (χ2v) is 4.96. The van der Waals surface area contributed by atoms with Gasteiger partial charge in [0.25, 0.3) is 11.7 Å². The molecule has 1 saturated carbocycles. The Labute approximate surface area is 123 Å². The van der Waals surface area contributed by atoms with E-state index in [4.69, 9.17) is 4.52 Å². The summed E-state index contributed by atoms with van der Waals surface area (Å²) < 4.78 is 17.6. The molecule has 1 heterocycles. The van der Waals surface area contributed by atoms with E-state index in [9.17, 15) is 19.3 Å². The van der Waals surface area contributed by atoms with Crippen molar-refractivity contribution < 1.29 is 18.6 Å². The molecular weight excluding hydrogens is 295 g/mol. The van der Waals surface area contributed by atoms with Gasteiger partial charge in [0.2, 0.25) is 11.9 Å². The van der Waals surface area contributed by atoms with Gasteiger partial charge in [-0.25, -0.2) is 4.39 Å². The van der Waals surface area contributed by atoms with Crippen molar-refractivity contribution in [2.24, 2.45) is 0 Å². The van der Waals surface area contributed by atoms with Crippen LogP contribution >= 0.6 is 0 Å². The molecule has 0 bridgehead atoms. The first-order valence-electron chi connectivity index (χ1n) is 6.54. The topological polar surface area (TPSA) is 111 Å². The lowest BCUT2D eigenvalue weighted by Crippen LogP contribution is -2.24. The van der Waals surface area contributed by atoms with Gasteiger partial charge in [0.1, 0.15) is 11.7 Å². The van der Waals surface area contributed by atoms with Crippen LogP contribution in [0.2, 0.25) is 0 Å². The van der Waals surface area contributed by atoms with Crippen molar-refractivity contribution in [1.82, 2.24) is 15.5 Å². The Bertz CT molecular complexity index is 715. The summed E-state index contributed by atoms with van der Waals surface area (Å²) in [5, 5.41) is 16.7. The highest BCUT2D eigenvalue weighted by Crippen LogP contribution is 2.41. The predicted octanol–water partition coefficient (Wildman–Crippen LogP) is 1.27. The molecule has 1 aliphatic carbocycles. The zero-order chi connectivity index (χ0) is 15.7. The Kier molecular flexibility index (Phi) is 3.53. The Morgan fingerprint density at radius 2 is 2.18 bits per heavy atom. The molecule has 9 heteroatoms. The minimum Gasteiger partial charge on any atom is -0.345 e. The summed E-state index contributed by atoms with van der Waals surface area (Å²) in [6.45, 7) is 0.184. The zero-order valence-corrected chi connectivity index (χ0v) is 11.2. The number of carbonyl (C=O) groups excluding carboxylic acids is 1. The normalized spacial score (nSPS) is 19.7. The molecule has 1 aromatic carbocycles. The predicted molar refractivity (Wildman–Crippen MR) is 70.0 cm³/mol. The maximum atomic E-state index is 12.8. The first-order valence-corrected chi connectivity index (χ1v) is 6.54. The standard InChI is InChI=1S/C13H11FN4O4/c14-8-3-1-7(2-4-8)6-15-12(19)11-16-13(22-17-11)9-5-10(9)18(20)21/h1-4,9-10H,5-6H2,(H,15,19)/t9-,10+/m1/s1. The summed E-state index contributed by atoms with van der Waals surface area (Å²) in [4.78, 5) is 25.9. The van der Waals surface area contributed by atoms with Crippen molar-refractivity contribution >= 4 is 5.91 Å². The summed E-state index contributed by atoms with van der Waals surface area (Å²) in [7, 11) is 0. The van der Waals surface area contributed by atoms with E-state index in [-0.39, 0.29) is 24.1 Å². The molecule has 1 amide bonds. The van der Waals surface area contributed by atoms with E-state index in [0.717, 1.165) is 0 Å². The highest BCUT2D eigenvalue weighted by Gasteiger charge is 2.53. The Hall–Kier alpha value is -2.84. The lowest BCUT2D eigenvalue weighted by molar-refractivity contribution is -0.496. The highest BCUT2D eigenvalue weighted by atomic mass is 19.1. The van der Waals surface area contributed by atoms with Crippen molar-refractivity contribution in [3.63, 3.8) is 0 Å². The third kappa shape index (κ3) is 2.92. The molecule has 2 aromatic rings. The molecule has 0 aliphatic heterocycles. The number of nitrogens with one attached hydrogen (secondary N) is 1. The fourth-order valence-electron chi connectivity index (χ4n) is 2.02. The lowest BCUT2D eigenvalue weighted by Gasteiger charge is -2.02. The number of nitro groups is 1. The summed E-state index contributed by atoms with van der Waals surface area (Å²) in [5.74, 6) is -1.40. The number of aromatic nitrogens is 2. The minimum atomic E-state index is -0.712. The molecule has 3 rings (SSSR count).